The summed E-state index contributed by atoms with van der Waals surface area (Å²) < 4.78 is 5.20. The summed E-state index contributed by atoms with van der Waals surface area (Å²) in [5.74, 6) is -0.115. The van der Waals surface area contributed by atoms with Crippen LogP contribution in [0.2, 0.25) is 0 Å². The smallest absolute Gasteiger partial charge is 0.341 e. The Morgan fingerprint density at radius 2 is 2.04 bits per heavy atom. The Kier molecular flexibility index (Phi) is 6.04. The van der Waals surface area contributed by atoms with Crippen LogP contribution in [0.25, 0.3) is 0 Å². The number of aryl methyl sites for hydroxylation is 3. The molecule has 1 aromatic heterocycles. The summed E-state index contributed by atoms with van der Waals surface area (Å²) in [6.07, 6.45) is 2.91. The minimum Gasteiger partial charge on any atom is -0.462 e. The van der Waals surface area contributed by atoms with E-state index in [1.165, 1.54) is 39.1 Å². The van der Waals surface area contributed by atoms with Crippen LogP contribution in [0.3, 0.4) is 0 Å². The lowest BCUT2D eigenvalue weighted by atomic mass is 10.1. The molecule has 0 saturated carbocycles. The number of hydrogen-bond donors (Lipinski definition) is 1. The summed E-state index contributed by atoms with van der Waals surface area (Å²) in [6, 6.07) is 6.19. The molecule has 0 aliphatic heterocycles. The monoisotopic (exact) mass is 389 g/mol. The number of carbonyl (C=O) groups excluding carboxylic acids is 2. The third kappa shape index (κ3) is 4.13. The van der Waals surface area contributed by atoms with Gasteiger partial charge in [0.15, 0.2) is 0 Å². The van der Waals surface area contributed by atoms with E-state index in [1.54, 1.807) is 6.92 Å². The summed E-state index contributed by atoms with van der Waals surface area (Å²) in [5, 5.41) is 3.57. The van der Waals surface area contributed by atoms with Gasteiger partial charge in [-0.15, -0.1) is 23.1 Å². The third-order valence-electron chi connectivity index (χ3n) is 4.50. The average molecular weight is 390 g/mol. The first kappa shape index (κ1) is 19.0. The fraction of sp³-hybridized carbons (Fsp3) is 0.400. The molecular formula is C20H23NO3S2. The quantitative estimate of drug-likeness (QED) is 0.572. The molecule has 3 rings (SSSR count). The molecule has 4 nitrogen and oxygen atoms in total. The number of nitrogens with one attached hydrogen (secondary N) is 1. The maximum absolute atomic E-state index is 12.4. The van der Waals surface area contributed by atoms with Gasteiger partial charge in [-0.2, -0.15) is 0 Å². The Bertz CT molecular complexity index is 842. The summed E-state index contributed by atoms with van der Waals surface area (Å²) in [4.78, 5) is 27.0. The van der Waals surface area contributed by atoms with Gasteiger partial charge in [-0.25, -0.2) is 4.79 Å². The molecular weight excluding hydrogens is 366 g/mol. The van der Waals surface area contributed by atoms with E-state index in [9.17, 15) is 9.59 Å². The standard InChI is InChI=1S/C20H23NO3S2/c1-4-24-20(23)18-15-6-5-7-16(15)26-19(18)21-17(22)11-25-14-9-8-12(2)13(3)10-14/h8-10H,4-7,11H2,1-3H3,(H,21,22). The molecule has 1 aliphatic rings. The fourth-order valence-corrected chi connectivity index (χ4v) is 5.11. The first-order chi connectivity index (χ1) is 12.5. The summed E-state index contributed by atoms with van der Waals surface area (Å²) in [5.41, 5.74) is 4.08. The SMILES string of the molecule is CCOC(=O)c1c(NC(=O)CSc2ccc(C)c(C)c2)sc2c1CCC2. The van der Waals surface area contributed by atoms with E-state index in [4.69, 9.17) is 4.74 Å². The maximum atomic E-state index is 12.4. The number of benzene rings is 1. The van der Waals surface area contributed by atoms with E-state index >= 15 is 0 Å². The predicted octanol–water partition coefficient (Wildman–Crippen LogP) is 4.76. The lowest BCUT2D eigenvalue weighted by Crippen LogP contribution is -2.16. The first-order valence-corrected chi connectivity index (χ1v) is 10.6. The zero-order chi connectivity index (χ0) is 18.7. The Morgan fingerprint density at radius 3 is 2.77 bits per heavy atom. The summed E-state index contributed by atoms with van der Waals surface area (Å²) in [6.45, 7) is 6.27. The van der Waals surface area contributed by atoms with Crippen LogP contribution in [-0.2, 0) is 22.4 Å². The fourth-order valence-electron chi connectivity index (χ4n) is 3.03. The molecule has 0 atom stereocenters. The molecule has 0 spiro atoms. The Hall–Kier alpha value is -1.79. The third-order valence-corrected chi connectivity index (χ3v) is 6.70. The normalized spacial score (nSPS) is 12.7. The zero-order valence-electron chi connectivity index (χ0n) is 15.3. The van der Waals surface area contributed by atoms with Gasteiger partial charge in [0.25, 0.3) is 0 Å². The number of anilines is 1. The van der Waals surface area contributed by atoms with Crippen LogP contribution < -0.4 is 5.32 Å². The molecule has 0 saturated heterocycles. The number of hydrogen-bond acceptors (Lipinski definition) is 5. The number of esters is 1. The first-order valence-electron chi connectivity index (χ1n) is 8.81. The lowest BCUT2D eigenvalue weighted by molar-refractivity contribution is -0.113. The van der Waals surface area contributed by atoms with Crippen molar-refractivity contribution in [1.29, 1.82) is 0 Å². The summed E-state index contributed by atoms with van der Waals surface area (Å²) >= 11 is 3.02. The molecule has 1 amide bonds. The van der Waals surface area contributed by atoms with Gasteiger partial charge in [-0.1, -0.05) is 6.07 Å². The molecule has 6 heteroatoms. The van der Waals surface area contributed by atoms with E-state index < -0.39 is 0 Å². The van der Waals surface area contributed by atoms with Crippen LogP contribution in [0.15, 0.2) is 23.1 Å². The van der Waals surface area contributed by atoms with Gasteiger partial charge < -0.3 is 10.1 Å². The number of ether oxygens (including phenoxy) is 1. The molecule has 26 heavy (non-hydrogen) atoms. The van der Waals surface area contributed by atoms with Crippen molar-refractivity contribution < 1.29 is 14.3 Å². The van der Waals surface area contributed by atoms with Crippen LogP contribution in [0.1, 0.15) is 45.3 Å². The Labute approximate surface area is 162 Å². The number of carbonyl (C=O) groups is 2. The van der Waals surface area contributed by atoms with Gasteiger partial charge in [0.1, 0.15) is 5.00 Å². The van der Waals surface area contributed by atoms with Crippen molar-refractivity contribution in [1.82, 2.24) is 0 Å². The highest BCUT2D eigenvalue weighted by molar-refractivity contribution is 8.00. The second-order valence-corrected chi connectivity index (χ2v) is 8.52. The topological polar surface area (TPSA) is 55.4 Å². The van der Waals surface area contributed by atoms with Crippen molar-refractivity contribution in [3.8, 4) is 0 Å². The second-order valence-electron chi connectivity index (χ2n) is 6.36. The van der Waals surface area contributed by atoms with Gasteiger partial charge in [0, 0.05) is 9.77 Å². The molecule has 138 valence electrons. The second kappa shape index (κ2) is 8.27. The van der Waals surface area contributed by atoms with Crippen molar-refractivity contribution in [2.24, 2.45) is 0 Å². The van der Waals surface area contributed by atoms with Crippen LogP contribution in [0, 0.1) is 13.8 Å². The van der Waals surface area contributed by atoms with Crippen LogP contribution in [0.5, 0.6) is 0 Å². The Morgan fingerprint density at radius 1 is 1.23 bits per heavy atom. The van der Waals surface area contributed by atoms with E-state index in [-0.39, 0.29) is 11.9 Å². The van der Waals surface area contributed by atoms with Crippen molar-refractivity contribution in [2.45, 2.75) is 44.9 Å². The van der Waals surface area contributed by atoms with Crippen LogP contribution >= 0.6 is 23.1 Å². The summed E-state index contributed by atoms with van der Waals surface area (Å²) in [7, 11) is 0. The van der Waals surface area contributed by atoms with E-state index in [1.807, 2.05) is 6.07 Å². The maximum Gasteiger partial charge on any atom is 0.341 e. The number of fused-ring (bicyclic) bond motifs is 1. The van der Waals surface area contributed by atoms with E-state index in [0.717, 1.165) is 29.7 Å². The minimum absolute atomic E-state index is 0.0984. The molecule has 2 aromatic rings. The average Bonchev–Trinajstić information content (AvgIpc) is 3.16. The van der Waals surface area contributed by atoms with E-state index in [2.05, 4.69) is 31.3 Å². The molecule has 0 unspecified atom stereocenters. The lowest BCUT2D eigenvalue weighted by Gasteiger charge is -2.08. The van der Waals surface area contributed by atoms with Gasteiger partial charge in [-0.05, 0) is 68.9 Å². The van der Waals surface area contributed by atoms with Crippen molar-refractivity contribution in [3.63, 3.8) is 0 Å². The zero-order valence-corrected chi connectivity index (χ0v) is 16.9. The number of rotatable bonds is 6. The molecule has 1 aliphatic carbocycles. The predicted molar refractivity (Wildman–Crippen MR) is 108 cm³/mol. The van der Waals surface area contributed by atoms with Gasteiger partial charge in [0.05, 0.1) is 17.9 Å². The van der Waals surface area contributed by atoms with Gasteiger partial charge in [0.2, 0.25) is 5.91 Å². The van der Waals surface area contributed by atoms with Crippen molar-refractivity contribution >= 4 is 40.0 Å². The minimum atomic E-state index is -0.330. The molecule has 1 N–H and O–H groups in total. The van der Waals surface area contributed by atoms with Crippen LogP contribution in [0.4, 0.5) is 5.00 Å². The van der Waals surface area contributed by atoms with Crippen LogP contribution in [-0.4, -0.2) is 24.2 Å². The number of thiophene rings is 1. The van der Waals surface area contributed by atoms with Gasteiger partial charge >= 0.3 is 5.97 Å². The highest BCUT2D eigenvalue weighted by atomic mass is 32.2. The molecule has 1 heterocycles. The van der Waals surface area contributed by atoms with E-state index in [0.29, 0.717) is 22.9 Å². The van der Waals surface area contributed by atoms with Crippen molar-refractivity contribution in [2.75, 3.05) is 17.7 Å². The molecule has 1 aromatic carbocycles. The highest BCUT2D eigenvalue weighted by Crippen LogP contribution is 2.39. The molecule has 0 fully saturated rings. The highest BCUT2D eigenvalue weighted by Gasteiger charge is 2.28. The Balaban J connectivity index is 1.69. The van der Waals surface area contributed by atoms with Gasteiger partial charge in [-0.3, -0.25) is 4.79 Å². The number of amides is 1. The molecule has 0 bridgehead atoms. The molecule has 0 radical (unpaired) electrons. The number of thioether (sulfide) groups is 1. The largest absolute Gasteiger partial charge is 0.462 e. The van der Waals surface area contributed by atoms with Crippen molar-refractivity contribution in [3.05, 3.63) is 45.3 Å².